The summed E-state index contributed by atoms with van der Waals surface area (Å²) in [5, 5.41) is 0. The van der Waals surface area contributed by atoms with E-state index in [2.05, 4.69) is 22.9 Å². The minimum Gasteiger partial charge on any atom is -0.339 e. The van der Waals surface area contributed by atoms with Gasteiger partial charge < -0.3 is 4.90 Å². The van der Waals surface area contributed by atoms with Gasteiger partial charge in [0.05, 0.1) is 4.83 Å². The maximum Gasteiger partial charge on any atom is 0.236 e. The highest BCUT2D eigenvalue weighted by Crippen LogP contribution is 2.28. The molecule has 3 heteroatoms. The molecule has 1 aliphatic rings. The lowest BCUT2D eigenvalue weighted by Crippen LogP contribution is -2.37. The molecule has 1 aliphatic carbocycles. The average molecular weight is 234 g/mol. The summed E-state index contributed by atoms with van der Waals surface area (Å²) in [4.78, 5) is 13.6. The maximum atomic E-state index is 11.6. The van der Waals surface area contributed by atoms with Gasteiger partial charge in [-0.2, -0.15) is 0 Å². The minimum atomic E-state index is -0.0235. The molecule has 0 aromatic carbocycles. The molecule has 0 heterocycles. The summed E-state index contributed by atoms with van der Waals surface area (Å²) in [5.41, 5.74) is 0. The second-order valence-corrected chi connectivity index (χ2v) is 4.75. The lowest BCUT2D eigenvalue weighted by atomic mass is 10.3. The minimum absolute atomic E-state index is 0.0235. The van der Waals surface area contributed by atoms with Gasteiger partial charge in [0.25, 0.3) is 0 Å². The zero-order chi connectivity index (χ0) is 9.14. The van der Waals surface area contributed by atoms with E-state index in [0.29, 0.717) is 6.04 Å². The number of nitrogens with zero attached hydrogens (tertiary/aromatic N) is 1. The summed E-state index contributed by atoms with van der Waals surface area (Å²) in [6.45, 7) is 4.92. The molecule has 0 spiro atoms. The van der Waals surface area contributed by atoms with E-state index in [9.17, 15) is 4.79 Å². The van der Waals surface area contributed by atoms with E-state index in [1.54, 1.807) is 0 Å². The van der Waals surface area contributed by atoms with Gasteiger partial charge in [0, 0.05) is 12.6 Å². The van der Waals surface area contributed by atoms with E-state index < -0.39 is 0 Å². The van der Waals surface area contributed by atoms with Crippen LogP contribution < -0.4 is 0 Å². The number of carbonyl (C=O) groups is 1. The first kappa shape index (κ1) is 10.0. The Morgan fingerprint density at radius 1 is 1.67 bits per heavy atom. The Kier molecular flexibility index (Phi) is 3.56. The fraction of sp³-hybridized carbons (Fsp3) is 0.889. The smallest absolute Gasteiger partial charge is 0.236 e. The Labute approximate surface area is 82.4 Å². The average Bonchev–Trinajstić information content (AvgIpc) is 2.81. The van der Waals surface area contributed by atoms with Crippen molar-refractivity contribution in [3.05, 3.63) is 0 Å². The Bertz CT molecular complexity index is 166. The molecule has 1 atom stereocenters. The fourth-order valence-electron chi connectivity index (χ4n) is 1.33. The van der Waals surface area contributed by atoms with E-state index in [0.717, 1.165) is 13.0 Å². The van der Waals surface area contributed by atoms with Crippen LogP contribution in [0.5, 0.6) is 0 Å². The van der Waals surface area contributed by atoms with Gasteiger partial charge in [-0.25, -0.2) is 0 Å². The molecular formula is C9H16BrNO. The predicted molar refractivity (Wildman–Crippen MR) is 53.4 cm³/mol. The van der Waals surface area contributed by atoms with Gasteiger partial charge in [0.15, 0.2) is 0 Å². The Balaban J connectivity index is 2.46. The monoisotopic (exact) mass is 233 g/mol. The van der Waals surface area contributed by atoms with E-state index >= 15 is 0 Å². The number of amides is 1. The van der Waals surface area contributed by atoms with Crippen LogP contribution in [0.25, 0.3) is 0 Å². The molecule has 0 bridgehead atoms. The molecule has 1 fully saturated rings. The number of hydrogen-bond acceptors (Lipinski definition) is 1. The van der Waals surface area contributed by atoms with Crippen LogP contribution in [0.15, 0.2) is 0 Å². The zero-order valence-corrected chi connectivity index (χ0v) is 9.30. The highest BCUT2D eigenvalue weighted by atomic mass is 79.9. The first-order chi connectivity index (χ1) is 5.66. The number of rotatable bonds is 4. The highest BCUT2D eigenvalue weighted by molar-refractivity contribution is 9.10. The molecule has 0 aromatic heterocycles. The van der Waals surface area contributed by atoms with Crippen molar-refractivity contribution < 1.29 is 4.79 Å². The third-order valence-electron chi connectivity index (χ3n) is 2.08. The number of alkyl halides is 1. The summed E-state index contributed by atoms with van der Waals surface area (Å²) in [5.74, 6) is 0.249. The molecule has 0 aromatic rings. The normalized spacial score (nSPS) is 18.9. The van der Waals surface area contributed by atoms with Crippen LogP contribution in [0, 0.1) is 0 Å². The summed E-state index contributed by atoms with van der Waals surface area (Å²) >= 11 is 3.32. The van der Waals surface area contributed by atoms with Gasteiger partial charge in [0.2, 0.25) is 5.91 Å². The number of carbonyl (C=O) groups excluding carboxylic acids is 1. The molecule has 2 nitrogen and oxygen atoms in total. The maximum absolute atomic E-state index is 11.6. The van der Waals surface area contributed by atoms with Crippen molar-refractivity contribution in [2.75, 3.05) is 6.54 Å². The third-order valence-corrected chi connectivity index (χ3v) is 2.47. The van der Waals surface area contributed by atoms with E-state index in [-0.39, 0.29) is 10.7 Å². The molecule has 1 amide bonds. The van der Waals surface area contributed by atoms with Crippen LogP contribution in [0.3, 0.4) is 0 Å². The second-order valence-electron chi connectivity index (χ2n) is 3.38. The predicted octanol–water partition coefficient (Wildman–Crippen LogP) is 2.17. The van der Waals surface area contributed by atoms with Gasteiger partial charge in [-0.15, -0.1) is 0 Å². The molecule has 0 saturated heterocycles. The van der Waals surface area contributed by atoms with Crippen molar-refractivity contribution in [3.63, 3.8) is 0 Å². The van der Waals surface area contributed by atoms with Crippen molar-refractivity contribution in [3.8, 4) is 0 Å². The summed E-state index contributed by atoms with van der Waals surface area (Å²) < 4.78 is 0. The van der Waals surface area contributed by atoms with Gasteiger partial charge in [-0.05, 0) is 26.2 Å². The number of halogens is 1. The molecule has 12 heavy (non-hydrogen) atoms. The van der Waals surface area contributed by atoms with E-state index in [4.69, 9.17) is 0 Å². The Hall–Kier alpha value is -0.0500. The van der Waals surface area contributed by atoms with Gasteiger partial charge >= 0.3 is 0 Å². The van der Waals surface area contributed by atoms with Crippen molar-refractivity contribution in [1.29, 1.82) is 0 Å². The van der Waals surface area contributed by atoms with E-state index in [1.165, 1.54) is 12.8 Å². The molecule has 1 saturated carbocycles. The van der Waals surface area contributed by atoms with Gasteiger partial charge in [-0.3, -0.25) is 4.79 Å². The Morgan fingerprint density at radius 3 is 2.58 bits per heavy atom. The fourth-order valence-corrected chi connectivity index (χ4v) is 1.59. The van der Waals surface area contributed by atoms with Crippen molar-refractivity contribution in [2.45, 2.75) is 44.0 Å². The van der Waals surface area contributed by atoms with Crippen LogP contribution >= 0.6 is 15.9 Å². The largest absolute Gasteiger partial charge is 0.339 e. The Morgan fingerprint density at radius 2 is 2.25 bits per heavy atom. The first-order valence-corrected chi connectivity index (χ1v) is 5.53. The molecule has 0 radical (unpaired) electrons. The summed E-state index contributed by atoms with van der Waals surface area (Å²) in [6, 6.07) is 0.553. The molecule has 1 unspecified atom stereocenters. The molecule has 1 rings (SSSR count). The highest BCUT2D eigenvalue weighted by Gasteiger charge is 2.32. The third kappa shape index (κ3) is 2.47. The van der Waals surface area contributed by atoms with Crippen molar-refractivity contribution in [1.82, 2.24) is 4.90 Å². The molecule has 70 valence electrons. The molecule has 0 N–H and O–H groups in total. The summed E-state index contributed by atoms with van der Waals surface area (Å²) in [7, 11) is 0. The summed E-state index contributed by atoms with van der Waals surface area (Å²) in [6.07, 6.45) is 3.46. The first-order valence-electron chi connectivity index (χ1n) is 4.61. The standard InChI is InChI=1S/C9H16BrNO/c1-3-6-11(8-4-5-8)9(12)7(2)10/h7-8H,3-6H2,1-2H3. The lowest BCUT2D eigenvalue weighted by molar-refractivity contribution is -0.130. The van der Waals surface area contributed by atoms with Crippen LogP contribution in [0.1, 0.15) is 33.1 Å². The second kappa shape index (κ2) is 4.26. The topological polar surface area (TPSA) is 20.3 Å². The zero-order valence-electron chi connectivity index (χ0n) is 7.72. The van der Waals surface area contributed by atoms with Gasteiger partial charge in [0.1, 0.15) is 0 Å². The van der Waals surface area contributed by atoms with Crippen LogP contribution in [-0.2, 0) is 4.79 Å². The quantitative estimate of drug-likeness (QED) is 0.682. The molecule has 0 aliphatic heterocycles. The van der Waals surface area contributed by atoms with Crippen molar-refractivity contribution >= 4 is 21.8 Å². The SMILES string of the molecule is CCCN(C(=O)C(C)Br)C1CC1. The van der Waals surface area contributed by atoms with Crippen LogP contribution in [0.4, 0.5) is 0 Å². The van der Waals surface area contributed by atoms with Crippen molar-refractivity contribution in [2.24, 2.45) is 0 Å². The van der Waals surface area contributed by atoms with Crippen LogP contribution in [0.2, 0.25) is 0 Å². The lowest BCUT2D eigenvalue weighted by Gasteiger charge is -2.22. The number of hydrogen-bond donors (Lipinski definition) is 0. The molecular weight excluding hydrogens is 218 g/mol. The van der Waals surface area contributed by atoms with E-state index in [1.807, 2.05) is 11.8 Å². The van der Waals surface area contributed by atoms with Gasteiger partial charge in [-0.1, -0.05) is 22.9 Å². The van der Waals surface area contributed by atoms with Crippen LogP contribution in [-0.4, -0.2) is 28.2 Å².